The molecule has 0 aliphatic rings. The van der Waals surface area contributed by atoms with Gasteiger partial charge in [-0.3, -0.25) is 4.79 Å². The van der Waals surface area contributed by atoms with E-state index < -0.39 is 5.91 Å². The van der Waals surface area contributed by atoms with E-state index in [1.54, 1.807) is 6.21 Å². The van der Waals surface area contributed by atoms with Gasteiger partial charge in [0.2, 0.25) is 0 Å². The lowest BCUT2D eigenvalue weighted by Gasteiger charge is -2.08. The minimum absolute atomic E-state index is 0.459. The van der Waals surface area contributed by atoms with E-state index in [-0.39, 0.29) is 0 Å². The zero-order valence-corrected chi connectivity index (χ0v) is 18.6. The molecule has 4 rings (SSSR count). The summed E-state index contributed by atoms with van der Waals surface area (Å²) in [5, 5.41) is 0.624. The van der Waals surface area contributed by atoms with Gasteiger partial charge in [-0.05, 0) is 35.7 Å². The largest absolute Gasteiger partial charge is 0.488 e. The van der Waals surface area contributed by atoms with Crippen LogP contribution in [0.3, 0.4) is 0 Å². The van der Waals surface area contributed by atoms with Crippen LogP contribution in [0.5, 0.6) is 5.75 Å². The summed E-state index contributed by atoms with van der Waals surface area (Å²) in [5.41, 5.74) is 10.2. The maximum absolute atomic E-state index is 12.2. The standard InChI is InChI=1S/C27H24N2O2S/c1-19-24(16-20-10-4-2-5-11-20)32-27(25(19)26(28)30)29-17-22-14-8-9-15-23(22)31-18-21-12-6-3-7-13-21/h2-15,17H,16,18H2,1H3,(H2,28,30)/b29-17-. The zero-order chi connectivity index (χ0) is 22.3. The summed E-state index contributed by atoms with van der Waals surface area (Å²) < 4.78 is 6.02. The SMILES string of the molecule is Cc1c(Cc2ccccc2)sc(/N=C\c2ccccc2OCc2ccccc2)c1C(N)=O. The Kier molecular flexibility index (Phi) is 6.78. The van der Waals surface area contributed by atoms with Crippen LogP contribution in [-0.2, 0) is 13.0 Å². The topological polar surface area (TPSA) is 64.7 Å². The van der Waals surface area contributed by atoms with Crippen LogP contribution >= 0.6 is 11.3 Å². The quantitative estimate of drug-likeness (QED) is 0.338. The summed E-state index contributed by atoms with van der Waals surface area (Å²) in [6.07, 6.45) is 2.48. The lowest BCUT2D eigenvalue weighted by atomic mass is 10.1. The number of hydrogen-bond donors (Lipinski definition) is 1. The van der Waals surface area contributed by atoms with Crippen LogP contribution in [0.25, 0.3) is 0 Å². The number of carbonyl (C=O) groups is 1. The van der Waals surface area contributed by atoms with E-state index in [0.29, 0.717) is 17.2 Å². The molecular weight excluding hydrogens is 416 g/mol. The highest BCUT2D eigenvalue weighted by molar-refractivity contribution is 7.16. The highest BCUT2D eigenvalue weighted by Crippen LogP contribution is 2.36. The molecule has 0 aliphatic carbocycles. The first kappa shape index (κ1) is 21.5. The molecule has 160 valence electrons. The van der Waals surface area contributed by atoms with Crippen molar-refractivity contribution < 1.29 is 9.53 Å². The van der Waals surface area contributed by atoms with Crippen molar-refractivity contribution in [3.63, 3.8) is 0 Å². The number of primary amides is 1. The van der Waals surface area contributed by atoms with Gasteiger partial charge in [0, 0.05) is 23.1 Å². The number of aliphatic imine (C=N–C) groups is 1. The molecule has 0 spiro atoms. The number of amides is 1. The van der Waals surface area contributed by atoms with E-state index in [1.165, 1.54) is 16.9 Å². The highest BCUT2D eigenvalue weighted by Gasteiger charge is 2.19. The fraction of sp³-hybridized carbons (Fsp3) is 0.111. The van der Waals surface area contributed by atoms with Crippen LogP contribution in [0.2, 0.25) is 0 Å². The monoisotopic (exact) mass is 440 g/mol. The molecule has 5 heteroatoms. The number of para-hydroxylation sites is 1. The van der Waals surface area contributed by atoms with Gasteiger partial charge in [-0.1, -0.05) is 72.8 Å². The Morgan fingerprint density at radius 2 is 1.56 bits per heavy atom. The molecule has 1 amide bonds. The van der Waals surface area contributed by atoms with Crippen molar-refractivity contribution in [2.45, 2.75) is 20.0 Å². The van der Waals surface area contributed by atoms with E-state index >= 15 is 0 Å². The second-order valence-corrected chi connectivity index (χ2v) is 8.51. The number of nitrogens with zero attached hydrogens (tertiary/aromatic N) is 1. The summed E-state index contributed by atoms with van der Waals surface area (Å²) in [6.45, 7) is 2.41. The number of thiophene rings is 1. The van der Waals surface area contributed by atoms with Crippen molar-refractivity contribution in [3.8, 4) is 5.75 Å². The number of hydrogen-bond acceptors (Lipinski definition) is 4. The smallest absolute Gasteiger partial charge is 0.252 e. The van der Waals surface area contributed by atoms with E-state index in [1.807, 2.05) is 79.7 Å². The summed E-state index contributed by atoms with van der Waals surface area (Å²) in [7, 11) is 0. The van der Waals surface area contributed by atoms with Crippen LogP contribution in [0.1, 0.15) is 37.5 Å². The van der Waals surface area contributed by atoms with Crippen molar-refractivity contribution in [1.29, 1.82) is 0 Å². The zero-order valence-electron chi connectivity index (χ0n) is 17.8. The van der Waals surface area contributed by atoms with Gasteiger partial charge >= 0.3 is 0 Å². The van der Waals surface area contributed by atoms with Crippen molar-refractivity contribution in [3.05, 3.63) is 118 Å². The molecule has 4 aromatic rings. The van der Waals surface area contributed by atoms with Crippen molar-refractivity contribution in [2.24, 2.45) is 10.7 Å². The minimum atomic E-state index is -0.459. The molecule has 0 radical (unpaired) electrons. The molecule has 2 N–H and O–H groups in total. The van der Waals surface area contributed by atoms with Crippen molar-refractivity contribution >= 4 is 28.5 Å². The predicted molar refractivity (Wildman–Crippen MR) is 131 cm³/mol. The highest BCUT2D eigenvalue weighted by atomic mass is 32.1. The fourth-order valence-electron chi connectivity index (χ4n) is 3.46. The lowest BCUT2D eigenvalue weighted by Crippen LogP contribution is -2.11. The third kappa shape index (κ3) is 5.13. The molecule has 0 aliphatic heterocycles. The van der Waals surface area contributed by atoms with E-state index in [2.05, 4.69) is 17.1 Å². The van der Waals surface area contributed by atoms with Crippen molar-refractivity contribution in [1.82, 2.24) is 0 Å². The van der Waals surface area contributed by atoms with Crippen LogP contribution in [0, 0.1) is 6.92 Å². The predicted octanol–water partition coefficient (Wildman–Crippen LogP) is 6.08. The Balaban J connectivity index is 1.59. The van der Waals surface area contributed by atoms with Crippen molar-refractivity contribution in [2.75, 3.05) is 0 Å². The second kappa shape index (κ2) is 10.1. The fourth-order valence-corrected chi connectivity index (χ4v) is 4.65. The molecule has 0 saturated carbocycles. The van der Waals surface area contributed by atoms with Gasteiger partial charge in [-0.25, -0.2) is 4.99 Å². The van der Waals surface area contributed by atoms with E-state index in [0.717, 1.165) is 33.7 Å². The van der Waals surface area contributed by atoms with Gasteiger partial charge in [0.05, 0.1) is 5.56 Å². The van der Waals surface area contributed by atoms with Gasteiger partial charge < -0.3 is 10.5 Å². The van der Waals surface area contributed by atoms with Gasteiger partial charge in [0.15, 0.2) is 0 Å². The molecule has 0 bridgehead atoms. The molecule has 32 heavy (non-hydrogen) atoms. The first-order chi connectivity index (χ1) is 15.6. The summed E-state index contributed by atoms with van der Waals surface area (Å²) in [5.74, 6) is 0.275. The summed E-state index contributed by atoms with van der Waals surface area (Å²) in [4.78, 5) is 17.9. The van der Waals surface area contributed by atoms with E-state index in [9.17, 15) is 4.79 Å². The number of benzene rings is 3. The average molecular weight is 441 g/mol. The Bertz CT molecular complexity index is 1230. The average Bonchev–Trinajstić information content (AvgIpc) is 3.13. The first-order valence-corrected chi connectivity index (χ1v) is 11.2. The Morgan fingerprint density at radius 1 is 0.938 bits per heavy atom. The Hall–Kier alpha value is -3.70. The third-order valence-electron chi connectivity index (χ3n) is 5.16. The molecule has 0 saturated heterocycles. The molecule has 4 nitrogen and oxygen atoms in total. The maximum Gasteiger partial charge on any atom is 0.252 e. The molecule has 1 heterocycles. The first-order valence-electron chi connectivity index (χ1n) is 10.4. The molecule has 0 fully saturated rings. The normalized spacial score (nSPS) is 11.0. The van der Waals surface area contributed by atoms with Gasteiger partial charge in [0.1, 0.15) is 17.4 Å². The van der Waals surface area contributed by atoms with Gasteiger partial charge in [0.25, 0.3) is 5.91 Å². The molecule has 0 atom stereocenters. The van der Waals surface area contributed by atoms with Crippen LogP contribution < -0.4 is 10.5 Å². The Morgan fingerprint density at radius 3 is 2.25 bits per heavy atom. The number of ether oxygens (including phenoxy) is 1. The van der Waals surface area contributed by atoms with Gasteiger partial charge in [-0.2, -0.15) is 0 Å². The van der Waals surface area contributed by atoms with Gasteiger partial charge in [-0.15, -0.1) is 11.3 Å². The molecule has 0 unspecified atom stereocenters. The number of carbonyl (C=O) groups excluding carboxylic acids is 1. The Labute approximate surface area is 192 Å². The summed E-state index contributed by atoms with van der Waals surface area (Å²) in [6, 6.07) is 27.9. The second-order valence-electron chi connectivity index (χ2n) is 7.43. The molecule has 3 aromatic carbocycles. The van der Waals surface area contributed by atoms with Crippen LogP contribution in [0.15, 0.2) is 89.9 Å². The maximum atomic E-state index is 12.2. The van der Waals surface area contributed by atoms with Crippen LogP contribution in [0.4, 0.5) is 5.00 Å². The number of rotatable bonds is 8. The minimum Gasteiger partial charge on any atom is -0.488 e. The summed E-state index contributed by atoms with van der Waals surface area (Å²) >= 11 is 1.51. The third-order valence-corrected chi connectivity index (χ3v) is 6.36. The number of nitrogens with two attached hydrogens (primary N) is 1. The molecular formula is C27H24N2O2S. The van der Waals surface area contributed by atoms with Crippen LogP contribution in [-0.4, -0.2) is 12.1 Å². The van der Waals surface area contributed by atoms with E-state index in [4.69, 9.17) is 10.5 Å². The molecule has 1 aromatic heterocycles. The lowest BCUT2D eigenvalue weighted by molar-refractivity contribution is 0.100.